The molecule has 0 unspecified atom stereocenters. The maximum atomic E-state index is 11.6. The Bertz CT molecular complexity index is 568. The van der Waals surface area contributed by atoms with E-state index < -0.39 is 0 Å². The summed E-state index contributed by atoms with van der Waals surface area (Å²) in [6.45, 7) is 4.10. The third-order valence-corrected chi connectivity index (χ3v) is 2.84. The van der Waals surface area contributed by atoms with Crippen LogP contribution in [0.5, 0.6) is 0 Å². The van der Waals surface area contributed by atoms with Gasteiger partial charge in [-0.25, -0.2) is 0 Å². The summed E-state index contributed by atoms with van der Waals surface area (Å²) in [4.78, 5) is 11.6. The van der Waals surface area contributed by atoms with E-state index in [1.165, 1.54) is 23.5 Å². The summed E-state index contributed by atoms with van der Waals surface area (Å²) in [6, 6.07) is 9.35. The minimum Gasteiger partial charge on any atom is -0.461 e. The molecule has 0 amide bonds. The van der Waals surface area contributed by atoms with Crippen LogP contribution in [-0.2, 0) is 0 Å². The number of hydrogen-bond acceptors (Lipinski definition) is 3. The lowest BCUT2D eigenvalue weighted by atomic mass is 10.1. The molecule has 0 atom stereocenters. The highest BCUT2D eigenvalue weighted by Crippen LogP contribution is 2.17. The van der Waals surface area contributed by atoms with Crippen molar-refractivity contribution in [2.24, 2.45) is 0 Å². The lowest BCUT2D eigenvalue weighted by Crippen LogP contribution is -1.96. The van der Waals surface area contributed by atoms with Crippen molar-refractivity contribution in [2.45, 2.75) is 13.8 Å². The van der Waals surface area contributed by atoms with Crippen molar-refractivity contribution in [1.29, 1.82) is 0 Å². The van der Waals surface area contributed by atoms with Crippen LogP contribution < -0.4 is 5.32 Å². The van der Waals surface area contributed by atoms with Crippen molar-refractivity contribution in [2.75, 3.05) is 5.32 Å². The molecule has 0 aliphatic carbocycles. The number of carbonyl (C=O) groups is 1. The second kappa shape index (κ2) is 5.36. The van der Waals surface area contributed by atoms with Gasteiger partial charge in [-0.1, -0.05) is 12.1 Å². The van der Waals surface area contributed by atoms with Crippen LogP contribution >= 0.6 is 0 Å². The largest absolute Gasteiger partial charge is 0.461 e. The average Bonchev–Trinajstić information content (AvgIpc) is 2.88. The smallest absolute Gasteiger partial charge is 0.222 e. The Hall–Kier alpha value is -2.29. The van der Waals surface area contributed by atoms with Crippen molar-refractivity contribution < 1.29 is 9.21 Å². The van der Waals surface area contributed by atoms with E-state index in [4.69, 9.17) is 4.42 Å². The minimum absolute atomic E-state index is 0.155. The first-order valence-electron chi connectivity index (χ1n) is 5.75. The quantitative estimate of drug-likeness (QED) is 0.655. The number of aryl methyl sites for hydroxylation is 1. The fourth-order valence-corrected chi connectivity index (χ4v) is 1.62. The molecule has 0 aliphatic heterocycles. The molecule has 18 heavy (non-hydrogen) atoms. The van der Waals surface area contributed by atoms with Crippen LogP contribution in [-0.4, -0.2) is 5.78 Å². The predicted octanol–water partition coefficient (Wildman–Crippen LogP) is 3.70. The van der Waals surface area contributed by atoms with Crippen LogP contribution in [0, 0.1) is 13.8 Å². The molecule has 0 bridgehead atoms. The van der Waals surface area contributed by atoms with Crippen LogP contribution in [0.15, 0.2) is 53.3 Å². The molecule has 2 rings (SSSR count). The number of hydrogen-bond donors (Lipinski definition) is 1. The molecule has 0 aliphatic rings. The minimum atomic E-state index is -0.155. The van der Waals surface area contributed by atoms with Gasteiger partial charge in [-0.3, -0.25) is 4.79 Å². The highest BCUT2D eigenvalue weighted by Gasteiger charge is 2.03. The van der Waals surface area contributed by atoms with Crippen molar-refractivity contribution in [3.63, 3.8) is 0 Å². The van der Waals surface area contributed by atoms with E-state index in [2.05, 4.69) is 18.3 Å². The topological polar surface area (TPSA) is 42.2 Å². The first-order chi connectivity index (χ1) is 8.68. The van der Waals surface area contributed by atoms with Gasteiger partial charge in [-0.2, -0.15) is 0 Å². The molecule has 3 nitrogen and oxygen atoms in total. The molecule has 1 heterocycles. The normalized spacial score (nSPS) is 10.8. The number of anilines is 1. The molecule has 0 radical (unpaired) electrons. The van der Waals surface area contributed by atoms with E-state index in [-0.39, 0.29) is 5.78 Å². The molecule has 0 spiro atoms. The Labute approximate surface area is 106 Å². The standard InChI is InChI=1S/C15H15NO2/c1-11-5-3-6-13(12(11)2)16-9-8-14(17)15-7-4-10-18-15/h3-10,16H,1-2H3/b9-8+. The summed E-state index contributed by atoms with van der Waals surface area (Å²) in [5.41, 5.74) is 3.39. The zero-order valence-corrected chi connectivity index (χ0v) is 10.4. The fourth-order valence-electron chi connectivity index (χ4n) is 1.62. The van der Waals surface area contributed by atoms with Gasteiger partial charge in [0.05, 0.1) is 6.26 Å². The van der Waals surface area contributed by atoms with Gasteiger partial charge in [-0.15, -0.1) is 0 Å². The van der Waals surface area contributed by atoms with E-state index in [9.17, 15) is 4.79 Å². The van der Waals surface area contributed by atoms with Crippen molar-refractivity contribution >= 4 is 11.5 Å². The van der Waals surface area contributed by atoms with Gasteiger partial charge in [0.15, 0.2) is 5.76 Å². The van der Waals surface area contributed by atoms with Gasteiger partial charge >= 0.3 is 0 Å². The lowest BCUT2D eigenvalue weighted by molar-refractivity contribution is 0.102. The molecule has 0 saturated heterocycles. The van der Waals surface area contributed by atoms with Crippen LogP contribution in [0.1, 0.15) is 21.7 Å². The summed E-state index contributed by atoms with van der Waals surface area (Å²) in [5, 5.41) is 3.10. The van der Waals surface area contributed by atoms with E-state index in [1.54, 1.807) is 18.3 Å². The van der Waals surface area contributed by atoms with Gasteiger partial charge in [-0.05, 0) is 43.2 Å². The Morgan fingerprint density at radius 3 is 2.78 bits per heavy atom. The fraction of sp³-hybridized carbons (Fsp3) is 0.133. The van der Waals surface area contributed by atoms with Crippen LogP contribution in [0.4, 0.5) is 5.69 Å². The van der Waals surface area contributed by atoms with Gasteiger partial charge in [0.1, 0.15) is 0 Å². The summed E-state index contributed by atoms with van der Waals surface area (Å²) >= 11 is 0. The summed E-state index contributed by atoms with van der Waals surface area (Å²) < 4.78 is 5.01. The third kappa shape index (κ3) is 2.69. The SMILES string of the molecule is Cc1cccc(N/C=C/C(=O)c2ccco2)c1C. The van der Waals surface area contributed by atoms with Crippen LogP contribution in [0.25, 0.3) is 0 Å². The van der Waals surface area contributed by atoms with E-state index in [1.807, 2.05) is 19.1 Å². The Balaban J connectivity index is 2.03. The van der Waals surface area contributed by atoms with Crippen molar-refractivity contribution in [3.8, 4) is 0 Å². The second-order valence-electron chi connectivity index (χ2n) is 4.07. The number of ketones is 1. The van der Waals surface area contributed by atoms with Gasteiger partial charge in [0.25, 0.3) is 0 Å². The van der Waals surface area contributed by atoms with Crippen molar-refractivity contribution in [3.05, 3.63) is 65.8 Å². The third-order valence-electron chi connectivity index (χ3n) is 2.84. The molecule has 0 saturated carbocycles. The average molecular weight is 241 g/mol. The number of furan rings is 1. The molecule has 2 aromatic rings. The monoisotopic (exact) mass is 241 g/mol. The highest BCUT2D eigenvalue weighted by molar-refractivity contribution is 6.02. The summed E-state index contributed by atoms with van der Waals surface area (Å²) in [7, 11) is 0. The number of rotatable bonds is 4. The summed E-state index contributed by atoms with van der Waals surface area (Å²) in [6.07, 6.45) is 4.58. The molecule has 1 aromatic carbocycles. The highest BCUT2D eigenvalue weighted by atomic mass is 16.3. The van der Waals surface area contributed by atoms with E-state index >= 15 is 0 Å². The number of carbonyl (C=O) groups excluding carboxylic acids is 1. The Morgan fingerprint density at radius 2 is 2.06 bits per heavy atom. The van der Waals surface area contributed by atoms with E-state index in [0.29, 0.717) is 5.76 Å². The van der Waals surface area contributed by atoms with Gasteiger partial charge in [0, 0.05) is 18.0 Å². The van der Waals surface area contributed by atoms with Crippen molar-refractivity contribution in [1.82, 2.24) is 0 Å². The Morgan fingerprint density at radius 1 is 1.22 bits per heavy atom. The summed E-state index contributed by atoms with van der Waals surface area (Å²) in [5.74, 6) is 0.187. The maximum Gasteiger partial charge on any atom is 0.222 e. The number of nitrogens with one attached hydrogen (secondary N) is 1. The molecule has 0 fully saturated rings. The first kappa shape index (κ1) is 12.2. The molecule has 1 aromatic heterocycles. The molecule has 1 N–H and O–H groups in total. The van der Waals surface area contributed by atoms with Gasteiger partial charge < -0.3 is 9.73 Å². The lowest BCUT2D eigenvalue weighted by Gasteiger charge is -2.07. The van der Waals surface area contributed by atoms with Crippen LogP contribution in [0.3, 0.4) is 0 Å². The Kier molecular flexibility index (Phi) is 3.63. The zero-order chi connectivity index (χ0) is 13.0. The number of benzene rings is 1. The second-order valence-corrected chi connectivity index (χ2v) is 4.07. The molecule has 3 heteroatoms. The molecular formula is C15H15NO2. The maximum absolute atomic E-state index is 11.6. The number of allylic oxidation sites excluding steroid dienone is 1. The van der Waals surface area contributed by atoms with Gasteiger partial charge in [0.2, 0.25) is 5.78 Å². The van der Waals surface area contributed by atoms with Crippen LogP contribution in [0.2, 0.25) is 0 Å². The zero-order valence-electron chi connectivity index (χ0n) is 10.4. The first-order valence-corrected chi connectivity index (χ1v) is 5.75. The van der Waals surface area contributed by atoms with E-state index in [0.717, 1.165) is 5.69 Å². The predicted molar refractivity (Wildman–Crippen MR) is 71.7 cm³/mol. The molecular weight excluding hydrogens is 226 g/mol. The molecule has 92 valence electrons.